The van der Waals surface area contributed by atoms with Crippen LogP contribution in [-0.2, 0) is 11.3 Å². The second kappa shape index (κ2) is 11.2. The normalized spacial score (nSPS) is 19.1. The number of likely N-dealkylation sites (tertiary alicyclic amines) is 1. The molecule has 4 heterocycles. The van der Waals surface area contributed by atoms with Gasteiger partial charge < -0.3 is 39.0 Å². The molecule has 1 fully saturated rings. The minimum atomic E-state index is -0.583. The number of benzene rings is 2. The van der Waals surface area contributed by atoms with Crippen molar-refractivity contribution in [3.05, 3.63) is 64.5 Å². The smallest absolute Gasteiger partial charge is 0.259 e. The van der Waals surface area contributed by atoms with E-state index in [0.717, 1.165) is 5.56 Å². The van der Waals surface area contributed by atoms with Crippen molar-refractivity contribution in [2.75, 3.05) is 33.9 Å². The van der Waals surface area contributed by atoms with E-state index in [1.165, 1.54) is 20.3 Å². The summed E-state index contributed by atoms with van der Waals surface area (Å²) in [4.78, 5) is 40.9. The maximum Gasteiger partial charge on any atom is 0.259 e. The van der Waals surface area contributed by atoms with E-state index >= 15 is 0 Å². The van der Waals surface area contributed by atoms with Gasteiger partial charge in [0.25, 0.3) is 17.7 Å². The third-order valence-corrected chi connectivity index (χ3v) is 6.89. The summed E-state index contributed by atoms with van der Waals surface area (Å²) in [5, 5.41) is 9.70. The topological polar surface area (TPSA) is 141 Å². The molecule has 2 atom stereocenters. The Labute approximate surface area is 230 Å². The van der Waals surface area contributed by atoms with E-state index in [2.05, 4.69) is 15.8 Å². The van der Waals surface area contributed by atoms with Crippen molar-refractivity contribution in [2.24, 2.45) is 0 Å². The van der Waals surface area contributed by atoms with Crippen LogP contribution in [0.25, 0.3) is 0 Å². The van der Waals surface area contributed by atoms with Crippen LogP contribution in [0.2, 0.25) is 0 Å². The highest BCUT2D eigenvalue weighted by Gasteiger charge is 2.40. The van der Waals surface area contributed by atoms with Gasteiger partial charge in [-0.3, -0.25) is 14.4 Å². The number of ether oxygens (including phenoxy) is 4. The second-order valence-corrected chi connectivity index (χ2v) is 9.58. The standard InChI is InChI=1S/C28H30N4O8/c1-15-26(16(2)40-31-15)28(35)32-12-22-24(13-32)39-19-6-5-17(23(10-19)37-4)11-29-25(33)14-38-21-8-18(27(34)30-22)7-20(9-21)36-3/h5-10,22,24H,11-14H2,1-4H3,(H,29,33)(H,30,34)/t22-,24-/m0/s1. The predicted octanol–water partition coefficient (Wildman–Crippen LogP) is 2.02. The Morgan fingerprint density at radius 3 is 2.60 bits per heavy atom. The first-order valence-electron chi connectivity index (χ1n) is 12.7. The molecule has 0 saturated carbocycles. The molecule has 2 aromatic carbocycles. The Balaban J connectivity index is 1.50. The van der Waals surface area contributed by atoms with Crippen molar-refractivity contribution in [1.82, 2.24) is 20.7 Å². The van der Waals surface area contributed by atoms with Crippen LogP contribution in [0.15, 0.2) is 40.9 Å². The first-order valence-corrected chi connectivity index (χ1v) is 12.7. The van der Waals surface area contributed by atoms with Crippen LogP contribution < -0.4 is 29.6 Å². The number of hydrogen-bond donors (Lipinski definition) is 2. The van der Waals surface area contributed by atoms with Crippen molar-refractivity contribution in [3.8, 4) is 23.0 Å². The number of nitrogens with zero attached hydrogens (tertiary/aromatic N) is 2. The van der Waals surface area contributed by atoms with E-state index < -0.39 is 18.1 Å². The number of nitrogens with one attached hydrogen (secondary N) is 2. The average Bonchev–Trinajstić information content (AvgIpc) is 3.51. The van der Waals surface area contributed by atoms with Crippen LogP contribution in [0, 0.1) is 13.8 Å². The van der Waals surface area contributed by atoms with Gasteiger partial charge in [-0.1, -0.05) is 5.16 Å². The monoisotopic (exact) mass is 550 g/mol. The van der Waals surface area contributed by atoms with Gasteiger partial charge in [0.2, 0.25) is 0 Å². The average molecular weight is 551 g/mol. The molecule has 0 spiro atoms. The fraction of sp³-hybridized carbons (Fsp3) is 0.357. The number of aromatic nitrogens is 1. The summed E-state index contributed by atoms with van der Waals surface area (Å²) in [5.41, 5.74) is 1.88. The van der Waals surface area contributed by atoms with Crippen LogP contribution >= 0.6 is 0 Å². The maximum absolute atomic E-state index is 13.4. The fourth-order valence-electron chi connectivity index (χ4n) is 4.81. The zero-order chi connectivity index (χ0) is 28.4. The summed E-state index contributed by atoms with van der Waals surface area (Å²) in [7, 11) is 3.00. The molecule has 3 amide bonds. The van der Waals surface area contributed by atoms with Gasteiger partial charge in [-0.05, 0) is 38.1 Å². The highest BCUT2D eigenvalue weighted by atomic mass is 16.5. The lowest BCUT2D eigenvalue weighted by Crippen LogP contribution is -2.45. The molecule has 3 aromatic rings. The lowest BCUT2D eigenvalue weighted by atomic mass is 10.1. The van der Waals surface area contributed by atoms with Crippen LogP contribution in [0.3, 0.4) is 0 Å². The number of carbonyl (C=O) groups is 3. The quantitative estimate of drug-likeness (QED) is 0.501. The molecule has 210 valence electrons. The van der Waals surface area contributed by atoms with Crippen molar-refractivity contribution >= 4 is 17.7 Å². The Hall–Kier alpha value is -4.74. The summed E-state index contributed by atoms with van der Waals surface area (Å²) in [5.74, 6) is 1.07. The molecule has 3 aliphatic heterocycles. The summed E-state index contributed by atoms with van der Waals surface area (Å²) in [6, 6.07) is 9.38. The molecule has 3 aliphatic rings. The molecular formula is C28H30N4O8. The van der Waals surface area contributed by atoms with E-state index in [4.69, 9.17) is 23.5 Å². The SMILES string of the molecule is COc1cc2cc(c1)C(=O)N[C@H]1CN(C(=O)c3c(C)noc3C)C[C@@H]1Oc1ccc(c(OC)c1)CNC(=O)CO2. The van der Waals surface area contributed by atoms with Gasteiger partial charge >= 0.3 is 0 Å². The molecule has 2 N–H and O–H groups in total. The number of amides is 3. The highest BCUT2D eigenvalue weighted by Crippen LogP contribution is 2.29. The van der Waals surface area contributed by atoms with Gasteiger partial charge in [0.1, 0.15) is 40.4 Å². The first-order chi connectivity index (χ1) is 19.2. The molecule has 0 aliphatic carbocycles. The highest BCUT2D eigenvalue weighted by molar-refractivity contribution is 5.97. The third-order valence-electron chi connectivity index (χ3n) is 6.89. The molecule has 0 radical (unpaired) electrons. The molecule has 40 heavy (non-hydrogen) atoms. The van der Waals surface area contributed by atoms with Gasteiger partial charge in [-0.15, -0.1) is 0 Å². The molecule has 12 heteroatoms. The van der Waals surface area contributed by atoms with Gasteiger partial charge in [0.15, 0.2) is 6.61 Å². The van der Waals surface area contributed by atoms with Crippen molar-refractivity contribution in [2.45, 2.75) is 32.5 Å². The van der Waals surface area contributed by atoms with Crippen LogP contribution in [0.5, 0.6) is 23.0 Å². The number of methoxy groups -OCH3 is 2. The Kier molecular flexibility index (Phi) is 7.50. The molecule has 1 aromatic heterocycles. The van der Waals surface area contributed by atoms with Crippen molar-refractivity contribution < 1.29 is 37.9 Å². The number of aryl methyl sites for hydroxylation is 2. The summed E-state index contributed by atoms with van der Waals surface area (Å²) in [6.45, 7) is 3.74. The Bertz CT molecular complexity index is 1430. The minimum Gasteiger partial charge on any atom is -0.497 e. The van der Waals surface area contributed by atoms with E-state index in [1.54, 1.807) is 49.1 Å². The van der Waals surface area contributed by atoms with Crippen LogP contribution in [-0.4, -0.2) is 73.8 Å². The minimum absolute atomic E-state index is 0.195. The number of fused-ring (bicyclic) bond motifs is 7. The molecule has 1 saturated heterocycles. The summed E-state index contributed by atoms with van der Waals surface area (Å²) in [6.07, 6.45) is -0.583. The molecular weight excluding hydrogens is 520 g/mol. The lowest BCUT2D eigenvalue weighted by Gasteiger charge is -2.22. The number of rotatable bonds is 3. The van der Waals surface area contributed by atoms with Gasteiger partial charge in [-0.2, -0.15) is 0 Å². The zero-order valence-corrected chi connectivity index (χ0v) is 22.6. The van der Waals surface area contributed by atoms with Gasteiger partial charge in [0, 0.05) is 36.3 Å². The molecule has 0 unspecified atom stereocenters. The maximum atomic E-state index is 13.4. The molecule has 4 bridgehead atoms. The zero-order valence-electron chi connectivity index (χ0n) is 22.6. The van der Waals surface area contributed by atoms with Crippen molar-refractivity contribution in [1.29, 1.82) is 0 Å². The molecule has 6 rings (SSSR count). The van der Waals surface area contributed by atoms with Gasteiger partial charge in [0.05, 0.1) is 32.5 Å². The van der Waals surface area contributed by atoms with Crippen molar-refractivity contribution in [3.63, 3.8) is 0 Å². The van der Waals surface area contributed by atoms with Crippen LogP contribution in [0.1, 0.15) is 37.7 Å². The fourth-order valence-corrected chi connectivity index (χ4v) is 4.81. The molecule has 12 nitrogen and oxygen atoms in total. The van der Waals surface area contributed by atoms with E-state index in [1.807, 2.05) is 0 Å². The number of carbonyl (C=O) groups excluding carboxylic acids is 3. The largest absolute Gasteiger partial charge is 0.497 e. The van der Waals surface area contributed by atoms with E-state index in [0.29, 0.717) is 40.0 Å². The Morgan fingerprint density at radius 2 is 1.88 bits per heavy atom. The number of hydrogen-bond acceptors (Lipinski definition) is 9. The van der Waals surface area contributed by atoms with Crippen LogP contribution in [0.4, 0.5) is 0 Å². The summed E-state index contributed by atoms with van der Waals surface area (Å²) < 4.78 is 28.1. The first kappa shape index (κ1) is 26.9. The Morgan fingerprint density at radius 1 is 1.05 bits per heavy atom. The lowest BCUT2D eigenvalue weighted by molar-refractivity contribution is -0.123. The van der Waals surface area contributed by atoms with E-state index in [-0.39, 0.29) is 43.6 Å². The second-order valence-electron chi connectivity index (χ2n) is 9.58. The van der Waals surface area contributed by atoms with Gasteiger partial charge in [-0.25, -0.2) is 0 Å². The third kappa shape index (κ3) is 5.51. The summed E-state index contributed by atoms with van der Waals surface area (Å²) >= 11 is 0. The van der Waals surface area contributed by atoms with E-state index in [9.17, 15) is 14.4 Å². The predicted molar refractivity (Wildman–Crippen MR) is 141 cm³/mol.